The van der Waals surface area contributed by atoms with Gasteiger partial charge in [-0.15, -0.1) is 0 Å². The van der Waals surface area contributed by atoms with Crippen molar-refractivity contribution >= 4 is 5.78 Å². The summed E-state index contributed by atoms with van der Waals surface area (Å²) in [5.74, 6) is 0.915. The molecular formula is C10H17NO. The normalized spacial score (nSPS) is 35.4. The van der Waals surface area contributed by atoms with Crippen LogP contribution in [0.25, 0.3) is 0 Å². The zero-order valence-electron chi connectivity index (χ0n) is 7.73. The zero-order valence-corrected chi connectivity index (χ0v) is 7.73. The summed E-state index contributed by atoms with van der Waals surface area (Å²) in [4.78, 5) is 11.9. The number of ketones is 1. The van der Waals surface area contributed by atoms with Gasteiger partial charge in [-0.3, -0.25) is 4.79 Å². The van der Waals surface area contributed by atoms with Crippen LogP contribution in [0.4, 0.5) is 0 Å². The molecule has 68 valence electrons. The quantitative estimate of drug-likeness (QED) is 0.690. The minimum atomic E-state index is -0.110. The van der Waals surface area contributed by atoms with E-state index in [0.29, 0.717) is 11.7 Å². The summed E-state index contributed by atoms with van der Waals surface area (Å²) in [5, 5.41) is 3.39. The van der Waals surface area contributed by atoms with Gasteiger partial charge in [0, 0.05) is 5.92 Å². The first-order valence-corrected chi connectivity index (χ1v) is 5.08. The standard InChI is InChI=1S/C10H17NO/c1-2-10(6-3-7-11-10)9(12)8-4-5-8/h8,11H,2-7H2,1H3. The Balaban J connectivity index is 2.09. The van der Waals surface area contributed by atoms with E-state index in [2.05, 4.69) is 12.2 Å². The van der Waals surface area contributed by atoms with Crippen LogP contribution in [-0.2, 0) is 4.79 Å². The highest BCUT2D eigenvalue weighted by Gasteiger charge is 2.45. The number of hydrogen-bond donors (Lipinski definition) is 1. The lowest BCUT2D eigenvalue weighted by molar-refractivity contribution is -0.126. The molecule has 0 spiro atoms. The topological polar surface area (TPSA) is 29.1 Å². The second-order valence-corrected chi connectivity index (χ2v) is 4.10. The van der Waals surface area contributed by atoms with E-state index in [1.54, 1.807) is 0 Å². The summed E-state index contributed by atoms with van der Waals surface area (Å²) < 4.78 is 0. The van der Waals surface area contributed by atoms with Crippen LogP contribution >= 0.6 is 0 Å². The van der Waals surface area contributed by atoms with Crippen molar-refractivity contribution in [1.29, 1.82) is 0 Å². The third-order valence-corrected chi connectivity index (χ3v) is 3.27. The molecule has 2 nitrogen and oxygen atoms in total. The first-order chi connectivity index (χ1) is 5.78. The molecule has 0 radical (unpaired) electrons. The fourth-order valence-corrected chi connectivity index (χ4v) is 2.23. The minimum Gasteiger partial charge on any atom is -0.305 e. The van der Waals surface area contributed by atoms with Gasteiger partial charge < -0.3 is 5.32 Å². The molecule has 1 unspecified atom stereocenters. The summed E-state index contributed by atoms with van der Waals surface area (Å²) in [6.07, 6.45) is 5.50. The Hall–Kier alpha value is -0.370. The summed E-state index contributed by atoms with van der Waals surface area (Å²) in [6.45, 7) is 3.16. The van der Waals surface area contributed by atoms with E-state index in [1.165, 1.54) is 6.42 Å². The van der Waals surface area contributed by atoms with Crippen LogP contribution in [0.3, 0.4) is 0 Å². The van der Waals surface area contributed by atoms with Gasteiger partial charge in [0.05, 0.1) is 5.54 Å². The Labute approximate surface area is 73.7 Å². The molecule has 1 aliphatic carbocycles. The van der Waals surface area contributed by atoms with Crippen molar-refractivity contribution in [2.24, 2.45) is 5.92 Å². The average molecular weight is 167 g/mol. The third-order valence-electron chi connectivity index (χ3n) is 3.27. The SMILES string of the molecule is CCC1(C(=O)C2CC2)CCCN1. The van der Waals surface area contributed by atoms with E-state index < -0.39 is 0 Å². The Morgan fingerprint density at radius 1 is 1.58 bits per heavy atom. The van der Waals surface area contributed by atoms with Gasteiger partial charge in [-0.1, -0.05) is 6.92 Å². The number of rotatable bonds is 3. The van der Waals surface area contributed by atoms with Crippen molar-refractivity contribution in [3.8, 4) is 0 Å². The summed E-state index contributed by atoms with van der Waals surface area (Å²) in [5.41, 5.74) is -0.110. The molecule has 12 heavy (non-hydrogen) atoms. The first-order valence-electron chi connectivity index (χ1n) is 5.08. The van der Waals surface area contributed by atoms with Crippen molar-refractivity contribution in [1.82, 2.24) is 5.32 Å². The molecule has 2 fully saturated rings. The van der Waals surface area contributed by atoms with Gasteiger partial charge in [-0.2, -0.15) is 0 Å². The zero-order chi connectivity index (χ0) is 8.60. The summed E-state index contributed by atoms with van der Waals surface area (Å²) >= 11 is 0. The molecule has 0 aromatic rings. The van der Waals surface area contributed by atoms with Crippen molar-refractivity contribution < 1.29 is 4.79 Å². The van der Waals surface area contributed by atoms with Crippen molar-refractivity contribution in [2.75, 3.05) is 6.54 Å². The second-order valence-electron chi connectivity index (χ2n) is 4.10. The monoisotopic (exact) mass is 167 g/mol. The molecule has 1 aliphatic heterocycles. The predicted molar refractivity (Wildman–Crippen MR) is 48.0 cm³/mol. The maximum atomic E-state index is 11.9. The van der Waals surface area contributed by atoms with Crippen LogP contribution in [0.5, 0.6) is 0 Å². The molecule has 0 bridgehead atoms. The van der Waals surface area contributed by atoms with E-state index in [4.69, 9.17) is 0 Å². The smallest absolute Gasteiger partial charge is 0.155 e. The lowest BCUT2D eigenvalue weighted by Gasteiger charge is -2.26. The number of nitrogens with one attached hydrogen (secondary N) is 1. The number of Topliss-reactive ketones (excluding diaryl/α,β-unsaturated/α-hetero) is 1. The van der Waals surface area contributed by atoms with Crippen molar-refractivity contribution in [3.63, 3.8) is 0 Å². The summed E-state index contributed by atoms with van der Waals surface area (Å²) in [6, 6.07) is 0. The molecule has 1 saturated heterocycles. The van der Waals surface area contributed by atoms with Gasteiger partial charge in [0.1, 0.15) is 0 Å². The van der Waals surface area contributed by atoms with Crippen LogP contribution < -0.4 is 5.32 Å². The molecule has 0 aromatic heterocycles. The highest BCUT2D eigenvalue weighted by molar-refractivity contribution is 5.92. The second kappa shape index (κ2) is 2.84. The first kappa shape index (κ1) is 8.24. The maximum absolute atomic E-state index is 11.9. The van der Waals surface area contributed by atoms with E-state index in [1.807, 2.05) is 0 Å². The number of carbonyl (C=O) groups excluding carboxylic acids is 1. The lowest BCUT2D eigenvalue weighted by atomic mass is 9.87. The van der Waals surface area contributed by atoms with Crippen LogP contribution in [0.1, 0.15) is 39.0 Å². The Morgan fingerprint density at radius 2 is 2.33 bits per heavy atom. The van der Waals surface area contributed by atoms with E-state index in [-0.39, 0.29) is 5.54 Å². The molecule has 2 heteroatoms. The minimum absolute atomic E-state index is 0.110. The van der Waals surface area contributed by atoms with Gasteiger partial charge in [-0.25, -0.2) is 0 Å². The molecule has 1 saturated carbocycles. The molecule has 2 aliphatic rings. The predicted octanol–water partition coefficient (Wildman–Crippen LogP) is 1.50. The van der Waals surface area contributed by atoms with Crippen LogP contribution in [0.15, 0.2) is 0 Å². The highest BCUT2D eigenvalue weighted by Crippen LogP contribution is 2.37. The highest BCUT2D eigenvalue weighted by atomic mass is 16.1. The van der Waals surface area contributed by atoms with Crippen LogP contribution in [0.2, 0.25) is 0 Å². The molecule has 0 aromatic carbocycles. The Morgan fingerprint density at radius 3 is 2.75 bits per heavy atom. The third kappa shape index (κ3) is 1.18. The fraction of sp³-hybridized carbons (Fsp3) is 0.900. The van der Waals surface area contributed by atoms with Crippen LogP contribution in [0, 0.1) is 5.92 Å². The Kier molecular flexibility index (Phi) is 1.95. The van der Waals surface area contributed by atoms with E-state index in [0.717, 1.165) is 32.2 Å². The molecule has 2 rings (SSSR count). The number of carbonyl (C=O) groups is 1. The van der Waals surface area contributed by atoms with Gasteiger partial charge in [0.15, 0.2) is 5.78 Å². The number of hydrogen-bond acceptors (Lipinski definition) is 2. The van der Waals surface area contributed by atoms with Gasteiger partial charge in [0.25, 0.3) is 0 Å². The van der Waals surface area contributed by atoms with E-state index in [9.17, 15) is 4.79 Å². The van der Waals surface area contributed by atoms with Gasteiger partial charge >= 0.3 is 0 Å². The molecular weight excluding hydrogens is 150 g/mol. The molecule has 1 atom stereocenters. The van der Waals surface area contributed by atoms with Crippen LogP contribution in [-0.4, -0.2) is 17.9 Å². The van der Waals surface area contributed by atoms with Gasteiger partial charge in [-0.05, 0) is 38.6 Å². The molecule has 0 amide bonds. The Bertz CT molecular complexity index is 190. The largest absolute Gasteiger partial charge is 0.305 e. The van der Waals surface area contributed by atoms with E-state index >= 15 is 0 Å². The van der Waals surface area contributed by atoms with Crippen molar-refractivity contribution in [3.05, 3.63) is 0 Å². The molecule has 1 heterocycles. The van der Waals surface area contributed by atoms with Crippen molar-refractivity contribution in [2.45, 2.75) is 44.6 Å². The summed E-state index contributed by atoms with van der Waals surface area (Å²) in [7, 11) is 0. The maximum Gasteiger partial charge on any atom is 0.155 e. The van der Waals surface area contributed by atoms with Gasteiger partial charge in [0.2, 0.25) is 0 Å². The molecule has 1 N–H and O–H groups in total. The lowest BCUT2D eigenvalue weighted by Crippen LogP contribution is -2.47. The fourth-order valence-electron chi connectivity index (χ4n) is 2.23. The average Bonchev–Trinajstić information content (AvgIpc) is 2.83.